The van der Waals surface area contributed by atoms with Gasteiger partial charge in [-0.25, -0.2) is 0 Å². The summed E-state index contributed by atoms with van der Waals surface area (Å²) in [5.74, 6) is 0.0792. The first-order chi connectivity index (χ1) is 11.3. The van der Waals surface area contributed by atoms with E-state index in [2.05, 4.69) is 25.1 Å². The zero-order valence-electron chi connectivity index (χ0n) is 14.8. The van der Waals surface area contributed by atoms with E-state index in [1.807, 2.05) is 36.9 Å². The van der Waals surface area contributed by atoms with Gasteiger partial charge in [-0.2, -0.15) is 0 Å². The molecular formula is C19H25N3O2. The number of nitrogens with zero attached hydrogens (tertiary/aromatic N) is 2. The van der Waals surface area contributed by atoms with Crippen LogP contribution in [0.5, 0.6) is 0 Å². The van der Waals surface area contributed by atoms with Gasteiger partial charge in [-0.05, 0) is 38.3 Å². The van der Waals surface area contributed by atoms with Crippen LogP contribution < -0.4 is 10.6 Å². The summed E-state index contributed by atoms with van der Waals surface area (Å²) in [6.07, 6.45) is 1.98. The number of para-hydroxylation sites is 1. The van der Waals surface area contributed by atoms with E-state index in [0.29, 0.717) is 12.2 Å². The lowest BCUT2D eigenvalue weighted by molar-refractivity contribution is 0.0948. The maximum absolute atomic E-state index is 13.0. The summed E-state index contributed by atoms with van der Waals surface area (Å²) in [7, 11) is 0. The third kappa shape index (κ3) is 2.53. The average molecular weight is 327 g/mol. The van der Waals surface area contributed by atoms with E-state index in [1.54, 1.807) is 6.07 Å². The molecule has 3 rings (SSSR count). The van der Waals surface area contributed by atoms with Gasteiger partial charge in [0, 0.05) is 23.7 Å². The van der Waals surface area contributed by atoms with Crippen molar-refractivity contribution in [3.63, 3.8) is 0 Å². The van der Waals surface area contributed by atoms with Gasteiger partial charge in [-0.1, -0.05) is 37.2 Å². The van der Waals surface area contributed by atoms with Crippen molar-refractivity contribution in [1.29, 1.82) is 0 Å². The van der Waals surface area contributed by atoms with Gasteiger partial charge in [0.2, 0.25) is 5.76 Å². The van der Waals surface area contributed by atoms with Crippen molar-refractivity contribution in [3.05, 3.63) is 47.3 Å². The molecule has 1 aromatic heterocycles. The van der Waals surface area contributed by atoms with E-state index in [0.717, 1.165) is 18.5 Å². The van der Waals surface area contributed by atoms with Crippen molar-refractivity contribution in [1.82, 2.24) is 5.16 Å². The summed E-state index contributed by atoms with van der Waals surface area (Å²) in [6, 6.07) is 9.80. The Morgan fingerprint density at radius 2 is 2.00 bits per heavy atom. The van der Waals surface area contributed by atoms with Crippen molar-refractivity contribution in [2.75, 3.05) is 11.4 Å². The van der Waals surface area contributed by atoms with Crippen LogP contribution in [0.2, 0.25) is 0 Å². The molecule has 2 aromatic rings. The molecule has 5 nitrogen and oxygen atoms in total. The Hall–Kier alpha value is -2.14. The van der Waals surface area contributed by atoms with Crippen LogP contribution in [0.25, 0.3) is 0 Å². The zero-order valence-corrected chi connectivity index (χ0v) is 14.8. The van der Waals surface area contributed by atoms with Gasteiger partial charge < -0.3 is 15.2 Å². The van der Waals surface area contributed by atoms with Crippen molar-refractivity contribution < 1.29 is 9.32 Å². The van der Waals surface area contributed by atoms with Crippen LogP contribution in [0.3, 0.4) is 0 Å². The number of fused-ring (bicyclic) bond motifs is 1. The first-order valence-corrected chi connectivity index (χ1v) is 8.50. The number of benzene rings is 1. The molecule has 0 saturated heterocycles. The highest BCUT2D eigenvalue weighted by atomic mass is 16.5. The number of hydrogen-bond donors (Lipinski definition) is 1. The minimum atomic E-state index is -0.637. The van der Waals surface area contributed by atoms with Gasteiger partial charge >= 0.3 is 0 Å². The predicted molar refractivity (Wildman–Crippen MR) is 94.1 cm³/mol. The van der Waals surface area contributed by atoms with Gasteiger partial charge in [-0.3, -0.25) is 4.79 Å². The highest BCUT2D eigenvalue weighted by Crippen LogP contribution is 2.45. The minimum Gasteiger partial charge on any atom is -0.351 e. The molecule has 24 heavy (non-hydrogen) atoms. The number of nitrogens with two attached hydrogens (primary N) is 1. The molecule has 1 aliphatic rings. The number of carbonyl (C=O) groups is 1. The second kappa shape index (κ2) is 5.74. The van der Waals surface area contributed by atoms with E-state index in [4.69, 9.17) is 10.3 Å². The maximum Gasteiger partial charge on any atom is 0.296 e. The fraction of sp³-hybridized carbons (Fsp3) is 0.474. The predicted octanol–water partition coefficient (Wildman–Crippen LogP) is 3.59. The summed E-state index contributed by atoms with van der Waals surface area (Å²) >= 11 is 0. The summed E-state index contributed by atoms with van der Waals surface area (Å²) in [5, 5.41) is 3.97. The molecule has 0 unspecified atom stereocenters. The number of amides is 1. The standard InChI is InChI=1S/C19H25N3O2/c1-5-19(6-2)12-22(14-10-8-7-9-13(14)19)17(23)15-11-16(21-24-15)18(3,4)20/h7-11H,5-6,12,20H2,1-4H3. The molecular weight excluding hydrogens is 302 g/mol. The van der Waals surface area contributed by atoms with Crippen LogP contribution in [0, 0.1) is 0 Å². The van der Waals surface area contributed by atoms with Crippen molar-refractivity contribution in [2.45, 2.75) is 51.5 Å². The molecule has 5 heteroatoms. The topological polar surface area (TPSA) is 72.4 Å². The van der Waals surface area contributed by atoms with Crippen LogP contribution in [0.4, 0.5) is 5.69 Å². The SMILES string of the molecule is CCC1(CC)CN(C(=O)c2cc(C(C)(C)N)no2)c2ccccc21. The molecule has 2 N–H and O–H groups in total. The number of hydrogen-bond acceptors (Lipinski definition) is 4. The monoisotopic (exact) mass is 327 g/mol. The molecule has 1 amide bonds. The number of anilines is 1. The summed E-state index contributed by atoms with van der Waals surface area (Å²) in [5.41, 5.74) is 8.19. The minimum absolute atomic E-state index is 0.00223. The van der Waals surface area contributed by atoms with E-state index < -0.39 is 5.54 Å². The van der Waals surface area contributed by atoms with Crippen molar-refractivity contribution in [2.24, 2.45) is 5.73 Å². The van der Waals surface area contributed by atoms with Gasteiger partial charge in [0.15, 0.2) is 0 Å². The zero-order chi connectivity index (χ0) is 17.5. The first kappa shape index (κ1) is 16.7. The van der Waals surface area contributed by atoms with Gasteiger partial charge in [0.25, 0.3) is 5.91 Å². The van der Waals surface area contributed by atoms with Crippen LogP contribution in [0.15, 0.2) is 34.9 Å². The molecule has 2 heterocycles. The summed E-state index contributed by atoms with van der Waals surface area (Å²) in [4.78, 5) is 14.8. The van der Waals surface area contributed by atoms with Crippen molar-refractivity contribution >= 4 is 11.6 Å². The molecule has 0 saturated carbocycles. The highest BCUT2D eigenvalue weighted by Gasteiger charge is 2.43. The van der Waals surface area contributed by atoms with Crippen molar-refractivity contribution in [3.8, 4) is 0 Å². The second-order valence-corrected chi connectivity index (χ2v) is 7.19. The number of rotatable bonds is 4. The Kier molecular flexibility index (Phi) is 4.00. The van der Waals surface area contributed by atoms with E-state index in [9.17, 15) is 4.79 Å². The van der Waals surface area contributed by atoms with Crippen LogP contribution in [-0.4, -0.2) is 17.6 Å². The smallest absolute Gasteiger partial charge is 0.296 e. The molecule has 128 valence electrons. The fourth-order valence-electron chi connectivity index (χ4n) is 3.48. The molecule has 0 bridgehead atoms. The lowest BCUT2D eigenvalue weighted by atomic mass is 9.78. The Bertz CT molecular complexity index is 754. The third-order valence-corrected chi connectivity index (χ3v) is 5.21. The average Bonchev–Trinajstić information content (AvgIpc) is 3.18. The lowest BCUT2D eigenvalue weighted by Gasteiger charge is -2.27. The summed E-state index contributed by atoms with van der Waals surface area (Å²) < 4.78 is 5.29. The second-order valence-electron chi connectivity index (χ2n) is 7.19. The van der Waals surface area contributed by atoms with Crippen LogP contribution in [0.1, 0.15) is 62.3 Å². The van der Waals surface area contributed by atoms with Crippen LogP contribution in [-0.2, 0) is 11.0 Å². The van der Waals surface area contributed by atoms with E-state index >= 15 is 0 Å². The molecule has 0 aliphatic carbocycles. The Morgan fingerprint density at radius 3 is 2.58 bits per heavy atom. The molecule has 1 aromatic carbocycles. The fourth-order valence-corrected chi connectivity index (χ4v) is 3.48. The Morgan fingerprint density at radius 1 is 1.33 bits per heavy atom. The largest absolute Gasteiger partial charge is 0.351 e. The molecule has 0 radical (unpaired) electrons. The maximum atomic E-state index is 13.0. The first-order valence-electron chi connectivity index (χ1n) is 8.50. The van der Waals surface area contributed by atoms with Gasteiger partial charge in [0.05, 0.1) is 5.54 Å². The van der Waals surface area contributed by atoms with E-state index in [-0.39, 0.29) is 17.1 Å². The van der Waals surface area contributed by atoms with Gasteiger partial charge in [-0.15, -0.1) is 0 Å². The quantitative estimate of drug-likeness (QED) is 0.931. The van der Waals surface area contributed by atoms with Gasteiger partial charge in [0.1, 0.15) is 5.69 Å². The Labute approximate surface area is 142 Å². The molecule has 0 spiro atoms. The molecule has 1 aliphatic heterocycles. The number of carbonyl (C=O) groups excluding carboxylic acids is 1. The van der Waals surface area contributed by atoms with Crippen LogP contribution >= 0.6 is 0 Å². The normalized spacial score (nSPS) is 16.3. The Balaban J connectivity index is 1.98. The number of aromatic nitrogens is 1. The highest BCUT2D eigenvalue weighted by molar-refractivity contribution is 6.06. The molecule has 0 atom stereocenters. The third-order valence-electron chi connectivity index (χ3n) is 5.21. The summed E-state index contributed by atoms with van der Waals surface area (Å²) in [6.45, 7) is 8.70. The van der Waals surface area contributed by atoms with E-state index in [1.165, 1.54) is 5.56 Å². The lowest BCUT2D eigenvalue weighted by Crippen LogP contribution is -2.36. The molecule has 0 fully saturated rings.